The van der Waals surface area contributed by atoms with Crippen molar-refractivity contribution in [2.75, 3.05) is 6.61 Å². The van der Waals surface area contributed by atoms with E-state index in [-0.39, 0.29) is 18.3 Å². The third-order valence-corrected chi connectivity index (χ3v) is 5.38. The molecule has 3 aliphatic rings. The smallest absolute Gasteiger partial charge is 0.312 e. The first-order chi connectivity index (χ1) is 10.2. The second-order valence-electron chi connectivity index (χ2n) is 6.50. The fourth-order valence-electron chi connectivity index (χ4n) is 4.30. The van der Waals surface area contributed by atoms with Crippen molar-refractivity contribution in [1.29, 1.82) is 0 Å². The van der Waals surface area contributed by atoms with E-state index in [0.29, 0.717) is 19.4 Å². The molecule has 0 radical (unpaired) electrons. The van der Waals surface area contributed by atoms with Crippen LogP contribution in [0.1, 0.15) is 42.9 Å². The summed E-state index contributed by atoms with van der Waals surface area (Å²) < 4.78 is 11.8. The van der Waals surface area contributed by atoms with Gasteiger partial charge in [0.05, 0.1) is 30.3 Å². The quantitative estimate of drug-likeness (QED) is 0.929. The summed E-state index contributed by atoms with van der Waals surface area (Å²) in [6.07, 6.45) is 3.81. The molecule has 1 aromatic rings. The van der Waals surface area contributed by atoms with Crippen LogP contribution in [-0.2, 0) is 20.7 Å². The van der Waals surface area contributed by atoms with Crippen LogP contribution in [0.5, 0.6) is 0 Å². The predicted octanol–water partition coefficient (Wildman–Crippen LogP) is 2.71. The lowest BCUT2D eigenvalue weighted by Gasteiger charge is -2.36. The van der Waals surface area contributed by atoms with Crippen molar-refractivity contribution in [3.05, 3.63) is 35.4 Å². The van der Waals surface area contributed by atoms with E-state index in [4.69, 9.17) is 9.47 Å². The molecule has 0 aliphatic carbocycles. The van der Waals surface area contributed by atoms with Crippen molar-refractivity contribution in [2.24, 2.45) is 5.41 Å². The Morgan fingerprint density at radius 2 is 2.19 bits per heavy atom. The summed E-state index contributed by atoms with van der Waals surface area (Å²) in [5.41, 5.74) is 1.68. The molecule has 4 rings (SSSR count). The average Bonchev–Trinajstić information content (AvgIpc) is 3.09. The third-order valence-electron chi connectivity index (χ3n) is 5.38. The first-order valence-corrected chi connectivity index (χ1v) is 7.77. The molecule has 0 spiro atoms. The summed E-state index contributed by atoms with van der Waals surface area (Å²) in [7, 11) is 0. The number of ether oxygens (including phenoxy) is 2. The molecule has 3 aliphatic heterocycles. The maximum Gasteiger partial charge on any atom is 0.312 e. The first kappa shape index (κ1) is 13.3. The maximum absolute atomic E-state index is 12.0. The summed E-state index contributed by atoms with van der Waals surface area (Å²) in [5, 5.41) is 9.83. The van der Waals surface area contributed by atoms with E-state index in [1.54, 1.807) is 0 Å². The zero-order valence-corrected chi connectivity index (χ0v) is 12.0. The topological polar surface area (TPSA) is 55.8 Å². The molecule has 2 saturated heterocycles. The number of carboxylic acids is 1. The van der Waals surface area contributed by atoms with Crippen LogP contribution in [0.3, 0.4) is 0 Å². The highest BCUT2D eigenvalue weighted by molar-refractivity contribution is 5.76. The lowest BCUT2D eigenvalue weighted by Crippen LogP contribution is -2.42. The van der Waals surface area contributed by atoms with Crippen molar-refractivity contribution in [3.63, 3.8) is 0 Å². The molecule has 4 unspecified atom stereocenters. The minimum absolute atomic E-state index is 0.117. The van der Waals surface area contributed by atoms with E-state index < -0.39 is 11.4 Å². The maximum atomic E-state index is 12.0. The van der Waals surface area contributed by atoms with Gasteiger partial charge in [-0.25, -0.2) is 0 Å². The van der Waals surface area contributed by atoms with Gasteiger partial charge in [-0.3, -0.25) is 4.79 Å². The van der Waals surface area contributed by atoms with Crippen molar-refractivity contribution in [3.8, 4) is 0 Å². The van der Waals surface area contributed by atoms with Gasteiger partial charge in [-0.1, -0.05) is 24.3 Å². The Balaban J connectivity index is 1.65. The SMILES string of the molecule is O=C(O)C1(CC2OCCc3ccccc32)CC2CCC1O2. The first-order valence-electron chi connectivity index (χ1n) is 7.77. The molecule has 4 atom stereocenters. The highest BCUT2D eigenvalue weighted by Crippen LogP contribution is 2.53. The number of fused-ring (bicyclic) bond motifs is 3. The van der Waals surface area contributed by atoms with Crippen LogP contribution in [0, 0.1) is 5.41 Å². The van der Waals surface area contributed by atoms with E-state index in [9.17, 15) is 9.90 Å². The Morgan fingerprint density at radius 1 is 1.33 bits per heavy atom. The van der Waals surface area contributed by atoms with Gasteiger partial charge in [-0.05, 0) is 43.2 Å². The Bertz CT molecular complexity index is 570. The van der Waals surface area contributed by atoms with E-state index >= 15 is 0 Å². The van der Waals surface area contributed by atoms with Gasteiger partial charge in [-0.2, -0.15) is 0 Å². The van der Waals surface area contributed by atoms with Crippen LogP contribution in [-0.4, -0.2) is 29.9 Å². The predicted molar refractivity (Wildman–Crippen MR) is 76.0 cm³/mol. The Hall–Kier alpha value is -1.39. The molecule has 4 nitrogen and oxygen atoms in total. The molecule has 4 heteroatoms. The molecule has 2 fully saturated rings. The van der Waals surface area contributed by atoms with Crippen LogP contribution < -0.4 is 0 Å². The Kier molecular flexibility index (Phi) is 3.05. The summed E-state index contributed by atoms with van der Waals surface area (Å²) in [6, 6.07) is 8.23. The molecule has 0 aromatic heterocycles. The average molecular weight is 288 g/mol. The zero-order chi connectivity index (χ0) is 14.4. The number of rotatable bonds is 3. The second-order valence-corrected chi connectivity index (χ2v) is 6.50. The molecular formula is C17H20O4. The van der Waals surface area contributed by atoms with Gasteiger partial charge in [0.25, 0.3) is 0 Å². The largest absolute Gasteiger partial charge is 0.481 e. The van der Waals surface area contributed by atoms with E-state index in [2.05, 4.69) is 12.1 Å². The van der Waals surface area contributed by atoms with Crippen LogP contribution in [0.15, 0.2) is 24.3 Å². The molecule has 112 valence electrons. The second kappa shape index (κ2) is 4.82. The standard InChI is InChI=1S/C17H20O4/c18-16(19)17(9-12-5-6-15(17)21-12)10-14-13-4-2-1-3-11(13)7-8-20-14/h1-4,12,14-15H,5-10H2,(H,18,19). The molecule has 1 N–H and O–H groups in total. The van der Waals surface area contributed by atoms with Gasteiger partial charge in [0.2, 0.25) is 0 Å². The van der Waals surface area contributed by atoms with Gasteiger partial charge in [0, 0.05) is 0 Å². The molecule has 1 aromatic carbocycles. The number of carbonyl (C=O) groups is 1. The Morgan fingerprint density at radius 3 is 2.90 bits per heavy atom. The van der Waals surface area contributed by atoms with E-state index in [1.165, 1.54) is 5.56 Å². The number of benzene rings is 1. The van der Waals surface area contributed by atoms with E-state index in [0.717, 1.165) is 24.8 Å². The van der Waals surface area contributed by atoms with Crippen molar-refractivity contribution >= 4 is 5.97 Å². The zero-order valence-electron chi connectivity index (χ0n) is 12.0. The molecule has 3 heterocycles. The lowest BCUT2D eigenvalue weighted by atomic mass is 9.69. The molecular weight excluding hydrogens is 268 g/mol. The lowest BCUT2D eigenvalue weighted by molar-refractivity contribution is -0.156. The number of aliphatic carboxylic acids is 1. The van der Waals surface area contributed by atoms with E-state index in [1.807, 2.05) is 12.1 Å². The van der Waals surface area contributed by atoms with Gasteiger partial charge < -0.3 is 14.6 Å². The van der Waals surface area contributed by atoms with Gasteiger partial charge in [0.15, 0.2) is 0 Å². The highest BCUT2D eigenvalue weighted by atomic mass is 16.5. The summed E-state index contributed by atoms with van der Waals surface area (Å²) in [6.45, 7) is 0.673. The summed E-state index contributed by atoms with van der Waals surface area (Å²) >= 11 is 0. The number of carboxylic acid groups (broad SMARTS) is 1. The molecule has 2 bridgehead atoms. The van der Waals surface area contributed by atoms with Crippen molar-refractivity contribution in [1.82, 2.24) is 0 Å². The fraction of sp³-hybridized carbons (Fsp3) is 0.588. The summed E-state index contributed by atoms with van der Waals surface area (Å²) in [5.74, 6) is -0.721. The van der Waals surface area contributed by atoms with Crippen molar-refractivity contribution in [2.45, 2.75) is 50.4 Å². The Labute approximate surface area is 124 Å². The highest BCUT2D eigenvalue weighted by Gasteiger charge is 2.58. The molecule has 21 heavy (non-hydrogen) atoms. The van der Waals surface area contributed by atoms with Crippen LogP contribution in [0.2, 0.25) is 0 Å². The van der Waals surface area contributed by atoms with Crippen LogP contribution in [0.25, 0.3) is 0 Å². The van der Waals surface area contributed by atoms with Crippen molar-refractivity contribution < 1.29 is 19.4 Å². The number of hydrogen-bond donors (Lipinski definition) is 1. The number of hydrogen-bond acceptors (Lipinski definition) is 3. The van der Waals surface area contributed by atoms with Crippen LogP contribution in [0.4, 0.5) is 0 Å². The third kappa shape index (κ3) is 2.00. The minimum atomic E-state index is -0.766. The molecule has 0 saturated carbocycles. The van der Waals surface area contributed by atoms with Gasteiger partial charge in [0.1, 0.15) is 0 Å². The minimum Gasteiger partial charge on any atom is -0.481 e. The normalized spacial score (nSPS) is 37.4. The van der Waals surface area contributed by atoms with Crippen LogP contribution >= 0.6 is 0 Å². The monoisotopic (exact) mass is 288 g/mol. The molecule has 0 amide bonds. The van der Waals surface area contributed by atoms with Gasteiger partial charge in [-0.15, -0.1) is 0 Å². The van der Waals surface area contributed by atoms with Gasteiger partial charge >= 0.3 is 5.97 Å². The summed E-state index contributed by atoms with van der Waals surface area (Å²) in [4.78, 5) is 12.0. The fourth-order valence-corrected chi connectivity index (χ4v) is 4.30.